The molecular formula is C13H11BrO2. The molecule has 2 nitrogen and oxygen atoms in total. The van der Waals surface area contributed by atoms with Crippen molar-refractivity contribution in [2.45, 2.75) is 13.8 Å². The van der Waals surface area contributed by atoms with Crippen LogP contribution in [0.1, 0.15) is 12.5 Å². The van der Waals surface area contributed by atoms with E-state index in [4.69, 9.17) is 4.42 Å². The van der Waals surface area contributed by atoms with Crippen LogP contribution in [0.25, 0.3) is 21.8 Å². The van der Waals surface area contributed by atoms with Crippen molar-refractivity contribution in [1.29, 1.82) is 0 Å². The van der Waals surface area contributed by atoms with Gasteiger partial charge in [-0.15, -0.1) is 0 Å². The smallest absolute Gasteiger partial charge is 0.344 e. The van der Waals surface area contributed by atoms with E-state index in [1.807, 2.05) is 26.0 Å². The lowest BCUT2D eigenvalue weighted by atomic mass is 10.1. The first-order valence-electron chi connectivity index (χ1n) is 4.90. The highest BCUT2D eigenvalue weighted by atomic mass is 79.9. The van der Waals surface area contributed by atoms with E-state index in [0.717, 1.165) is 20.7 Å². The van der Waals surface area contributed by atoms with Crippen molar-refractivity contribution in [3.63, 3.8) is 0 Å². The first-order chi connectivity index (χ1) is 7.52. The van der Waals surface area contributed by atoms with Crippen LogP contribution in [0.2, 0.25) is 0 Å². The van der Waals surface area contributed by atoms with Gasteiger partial charge in [0.15, 0.2) is 0 Å². The van der Waals surface area contributed by atoms with Gasteiger partial charge in [0.05, 0.1) is 5.39 Å². The molecule has 0 fully saturated rings. The third-order valence-corrected chi connectivity index (χ3v) is 3.09. The molecule has 0 N–H and O–H groups in total. The van der Waals surface area contributed by atoms with Crippen LogP contribution in [0.15, 0.2) is 27.4 Å². The maximum Gasteiger partial charge on any atom is 0.344 e. The molecule has 0 aliphatic rings. The van der Waals surface area contributed by atoms with Crippen LogP contribution in [-0.2, 0) is 0 Å². The van der Waals surface area contributed by atoms with Crippen molar-refractivity contribution in [2.24, 2.45) is 0 Å². The standard InChI is InChI=1S/C13H11BrO2/c1-7-9(3)16-13(15)11-6-4-5-10(8(2)14)12(7)11/h4-6H,3H2,1-2H3/b10-8+. The van der Waals surface area contributed by atoms with Crippen molar-refractivity contribution in [3.05, 3.63) is 44.8 Å². The molecule has 0 saturated heterocycles. The number of benzene rings is 1. The van der Waals surface area contributed by atoms with Crippen LogP contribution < -0.4 is 16.3 Å². The summed E-state index contributed by atoms with van der Waals surface area (Å²) < 4.78 is 6.06. The third kappa shape index (κ3) is 1.61. The summed E-state index contributed by atoms with van der Waals surface area (Å²) in [6.07, 6.45) is 0. The van der Waals surface area contributed by atoms with Crippen LogP contribution in [0.5, 0.6) is 0 Å². The van der Waals surface area contributed by atoms with Gasteiger partial charge >= 0.3 is 5.63 Å². The fourth-order valence-corrected chi connectivity index (χ4v) is 2.13. The minimum atomic E-state index is -0.332. The van der Waals surface area contributed by atoms with Gasteiger partial charge in [-0.2, -0.15) is 0 Å². The number of fused-ring (bicyclic) bond motifs is 1. The van der Waals surface area contributed by atoms with E-state index in [1.165, 1.54) is 0 Å². The van der Waals surface area contributed by atoms with Crippen molar-refractivity contribution in [3.8, 4) is 0 Å². The Morgan fingerprint density at radius 2 is 2.12 bits per heavy atom. The van der Waals surface area contributed by atoms with Crippen LogP contribution in [0.3, 0.4) is 0 Å². The van der Waals surface area contributed by atoms with Crippen molar-refractivity contribution < 1.29 is 4.42 Å². The summed E-state index contributed by atoms with van der Waals surface area (Å²) in [6.45, 7) is 7.60. The summed E-state index contributed by atoms with van der Waals surface area (Å²) >= 11 is 3.45. The maximum atomic E-state index is 11.7. The normalized spacial score (nSPS) is 12.9. The fourth-order valence-electron chi connectivity index (χ4n) is 1.80. The first-order valence-corrected chi connectivity index (χ1v) is 5.69. The minimum absolute atomic E-state index is 0.332. The lowest BCUT2D eigenvalue weighted by Gasteiger charge is -2.02. The summed E-state index contributed by atoms with van der Waals surface area (Å²) in [5.74, 6) is 0. The van der Waals surface area contributed by atoms with Crippen LogP contribution >= 0.6 is 15.9 Å². The van der Waals surface area contributed by atoms with E-state index in [9.17, 15) is 4.79 Å². The Kier molecular flexibility index (Phi) is 2.72. The highest BCUT2D eigenvalue weighted by Crippen LogP contribution is 2.10. The molecule has 0 amide bonds. The first kappa shape index (κ1) is 11.1. The summed E-state index contributed by atoms with van der Waals surface area (Å²) in [6, 6.07) is 5.59. The number of rotatable bonds is 0. The average molecular weight is 279 g/mol. The Balaban J connectivity index is 3.29. The van der Waals surface area contributed by atoms with Gasteiger partial charge in [-0.3, -0.25) is 0 Å². The van der Waals surface area contributed by atoms with E-state index >= 15 is 0 Å². The van der Waals surface area contributed by atoms with Gasteiger partial charge in [0.2, 0.25) is 0 Å². The molecule has 0 unspecified atom stereocenters. The molecule has 0 radical (unpaired) electrons. The molecule has 0 spiro atoms. The topological polar surface area (TPSA) is 30.2 Å². The monoisotopic (exact) mass is 278 g/mol. The van der Waals surface area contributed by atoms with Crippen LogP contribution in [0.4, 0.5) is 0 Å². The molecule has 0 bridgehead atoms. The molecule has 0 saturated carbocycles. The predicted molar refractivity (Wildman–Crippen MR) is 70.0 cm³/mol. The second kappa shape index (κ2) is 3.91. The molecule has 1 heterocycles. The Morgan fingerprint density at radius 1 is 1.44 bits per heavy atom. The summed E-state index contributed by atoms with van der Waals surface area (Å²) in [7, 11) is 0. The molecule has 2 aromatic rings. The highest BCUT2D eigenvalue weighted by molar-refractivity contribution is 9.14. The zero-order valence-corrected chi connectivity index (χ0v) is 10.7. The summed E-state index contributed by atoms with van der Waals surface area (Å²) in [5.41, 5.74) is 1.00. The molecule has 1 aromatic heterocycles. The van der Waals surface area contributed by atoms with Crippen molar-refractivity contribution in [2.75, 3.05) is 0 Å². The van der Waals surface area contributed by atoms with E-state index in [0.29, 0.717) is 10.8 Å². The SMILES string of the molecule is C=c1oc(=O)c2ccc/c(=C(/C)Br)c2c1C. The molecule has 0 aliphatic heterocycles. The molecule has 2 rings (SSSR count). The Morgan fingerprint density at radius 3 is 2.75 bits per heavy atom. The Hall–Kier alpha value is -1.35. The number of halogens is 1. The number of aryl methyl sites for hydroxylation is 1. The van der Waals surface area contributed by atoms with Crippen molar-refractivity contribution >= 4 is 37.8 Å². The average Bonchev–Trinajstić information content (AvgIpc) is 2.25. The van der Waals surface area contributed by atoms with Gasteiger partial charge in [0.1, 0.15) is 5.42 Å². The lowest BCUT2D eigenvalue weighted by Crippen LogP contribution is -2.19. The maximum absolute atomic E-state index is 11.7. The van der Waals surface area contributed by atoms with Gasteiger partial charge in [-0.1, -0.05) is 34.6 Å². The Labute approximate surface area is 101 Å². The van der Waals surface area contributed by atoms with Gasteiger partial charge in [-0.05, 0) is 35.2 Å². The summed E-state index contributed by atoms with van der Waals surface area (Å²) in [5, 5.41) is 2.52. The van der Waals surface area contributed by atoms with Crippen LogP contribution in [-0.4, -0.2) is 0 Å². The summed E-state index contributed by atoms with van der Waals surface area (Å²) in [4.78, 5) is 11.7. The van der Waals surface area contributed by atoms with Gasteiger partial charge in [-0.25, -0.2) is 4.79 Å². The van der Waals surface area contributed by atoms with Gasteiger partial charge < -0.3 is 4.42 Å². The molecule has 0 atom stereocenters. The van der Waals surface area contributed by atoms with Crippen LogP contribution in [0, 0.1) is 6.92 Å². The van der Waals surface area contributed by atoms with Gasteiger partial charge in [0, 0.05) is 5.39 Å². The fraction of sp³-hybridized carbons (Fsp3) is 0.154. The van der Waals surface area contributed by atoms with E-state index < -0.39 is 0 Å². The molecular weight excluding hydrogens is 268 g/mol. The Bertz CT molecular complexity index is 722. The zero-order chi connectivity index (χ0) is 11.9. The van der Waals surface area contributed by atoms with E-state index in [2.05, 4.69) is 22.5 Å². The van der Waals surface area contributed by atoms with Gasteiger partial charge in [0.25, 0.3) is 0 Å². The van der Waals surface area contributed by atoms with E-state index in [1.54, 1.807) is 6.07 Å². The number of hydrogen-bond donors (Lipinski definition) is 0. The second-order valence-electron chi connectivity index (χ2n) is 3.70. The predicted octanol–water partition coefficient (Wildman–Crippen LogP) is 2.03. The highest BCUT2D eigenvalue weighted by Gasteiger charge is 2.06. The molecule has 1 aromatic carbocycles. The molecule has 3 heteroatoms. The third-order valence-electron chi connectivity index (χ3n) is 2.66. The molecule has 82 valence electrons. The molecule has 0 aliphatic carbocycles. The quantitative estimate of drug-likeness (QED) is 0.738. The number of hydrogen-bond acceptors (Lipinski definition) is 2. The minimum Gasteiger partial charge on any atom is -0.423 e. The zero-order valence-electron chi connectivity index (χ0n) is 9.13. The van der Waals surface area contributed by atoms with E-state index in [-0.39, 0.29) is 5.63 Å². The lowest BCUT2D eigenvalue weighted by molar-refractivity contribution is 0.484. The largest absolute Gasteiger partial charge is 0.423 e. The van der Waals surface area contributed by atoms with Crippen molar-refractivity contribution in [1.82, 2.24) is 0 Å². The molecule has 16 heavy (non-hydrogen) atoms. The second-order valence-corrected chi connectivity index (χ2v) is 4.89.